The Bertz CT molecular complexity index is 504. The van der Waals surface area contributed by atoms with Gasteiger partial charge in [-0.15, -0.1) is 0 Å². The zero-order valence-corrected chi connectivity index (χ0v) is 13.1. The van der Waals surface area contributed by atoms with E-state index in [0.29, 0.717) is 5.92 Å². The highest BCUT2D eigenvalue weighted by atomic mass is 16.5. The molecule has 0 heterocycles. The molecule has 110 valence electrons. The molecule has 1 N–H and O–H groups in total. The summed E-state index contributed by atoms with van der Waals surface area (Å²) >= 11 is 0. The smallest absolute Gasteiger partial charge is 0.223 e. The molecule has 2 rings (SSSR count). The van der Waals surface area contributed by atoms with Gasteiger partial charge < -0.3 is 10.1 Å². The van der Waals surface area contributed by atoms with Crippen molar-refractivity contribution in [3.63, 3.8) is 0 Å². The maximum Gasteiger partial charge on any atom is 0.223 e. The Balaban J connectivity index is 2.25. The van der Waals surface area contributed by atoms with E-state index >= 15 is 0 Å². The minimum atomic E-state index is 0.0477. The van der Waals surface area contributed by atoms with Gasteiger partial charge in [-0.05, 0) is 61.4 Å². The van der Waals surface area contributed by atoms with Crippen molar-refractivity contribution in [3.8, 4) is 5.75 Å². The Hall–Kier alpha value is -1.51. The van der Waals surface area contributed by atoms with Gasteiger partial charge in [-0.3, -0.25) is 4.79 Å². The van der Waals surface area contributed by atoms with E-state index < -0.39 is 0 Å². The Morgan fingerprint density at radius 1 is 1.25 bits per heavy atom. The van der Waals surface area contributed by atoms with Gasteiger partial charge >= 0.3 is 0 Å². The number of methoxy groups -OCH3 is 1. The van der Waals surface area contributed by atoms with Gasteiger partial charge in [-0.1, -0.05) is 13.8 Å². The number of benzene rings is 1. The first-order valence-electron chi connectivity index (χ1n) is 7.42. The lowest BCUT2D eigenvalue weighted by Gasteiger charge is -2.21. The molecular formula is C17H25NO2. The molecule has 1 aromatic rings. The lowest BCUT2D eigenvalue weighted by atomic mass is 9.93. The summed E-state index contributed by atoms with van der Waals surface area (Å²) < 4.78 is 5.46. The van der Waals surface area contributed by atoms with E-state index in [9.17, 15) is 4.79 Å². The second-order valence-electron chi connectivity index (χ2n) is 6.11. The second kappa shape index (κ2) is 5.86. The highest BCUT2D eigenvalue weighted by Gasteiger charge is 2.30. The molecule has 1 saturated carbocycles. The van der Waals surface area contributed by atoms with Crippen molar-refractivity contribution in [1.82, 2.24) is 5.32 Å². The monoisotopic (exact) mass is 275 g/mol. The fourth-order valence-electron chi connectivity index (χ4n) is 2.56. The third-order valence-electron chi connectivity index (χ3n) is 4.01. The van der Waals surface area contributed by atoms with Crippen LogP contribution in [-0.2, 0) is 4.79 Å². The van der Waals surface area contributed by atoms with Crippen LogP contribution in [0.15, 0.2) is 12.1 Å². The van der Waals surface area contributed by atoms with Crippen molar-refractivity contribution in [2.75, 3.05) is 7.11 Å². The number of aryl methyl sites for hydroxylation is 1. The molecule has 0 aliphatic heterocycles. The summed E-state index contributed by atoms with van der Waals surface area (Å²) in [5, 5.41) is 3.12. The van der Waals surface area contributed by atoms with Gasteiger partial charge in [-0.25, -0.2) is 0 Å². The number of hydrogen-bond acceptors (Lipinski definition) is 2. The Morgan fingerprint density at radius 2 is 1.90 bits per heavy atom. The third-order valence-corrected chi connectivity index (χ3v) is 4.01. The van der Waals surface area contributed by atoms with E-state index in [2.05, 4.69) is 45.1 Å². The van der Waals surface area contributed by atoms with Crippen LogP contribution in [0.5, 0.6) is 5.75 Å². The quantitative estimate of drug-likeness (QED) is 0.889. The van der Waals surface area contributed by atoms with Gasteiger partial charge in [0.15, 0.2) is 0 Å². The highest BCUT2D eigenvalue weighted by molar-refractivity contribution is 5.81. The summed E-state index contributed by atoms with van der Waals surface area (Å²) in [5.74, 6) is 1.77. The maximum absolute atomic E-state index is 11.9. The van der Waals surface area contributed by atoms with Crippen LogP contribution in [0.4, 0.5) is 0 Å². The summed E-state index contributed by atoms with van der Waals surface area (Å²) in [6, 6.07) is 4.30. The van der Waals surface area contributed by atoms with Crippen molar-refractivity contribution in [2.24, 2.45) is 5.92 Å². The number of hydrogen-bond donors (Lipinski definition) is 1. The lowest BCUT2D eigenvalue weighted by molar-refractivity contribution is -0.122. The number of nitrogens with one attached hydrogen (secondary N) is 1. The van der Waals surface area contributed by atoms with Crippen molar-refractivity contribution in [2.45, 2.75) is 52.5 Å². The van der Waals surface area contributed by atoms with Crippen LogP contribution in [0, 0.1) is 12.8 Å². The molecule has 1 amide bonds. The first-order chi connectivity index (χ1) is 9.43. The Kier molecular flexibility index (Phi) is 4.36. The molecule has 1 fully saturated rings. The average molecular weight is 275 g/mol. The van der Waals surface area contributed by atoms with Crippen molar-refractivity contribution < 1.29 is 9.53 Å². The van der Waals surface area contributed by atoms with Crippen LogP contribution in [0.3, 0.4) is 0 Å². The molecule has 0 saturated heterocycles. The van der Waals surface area contributed by atoms with Gasteiger partial charge in [-0.2, -0.15) is 0 Å². The van der Waals surface area contributed by atoms with E-state index in [-0.39, 0.29) is 17.9 Å². The van der Waals surface area contributed by atoms with Gasteiger partial charge in [0, 0.05) is 5.92 Å². The molecular weight excluding hydrogens is 250 g/mol. The maximum atomic E-state index is 11.9. The van der Waals surface area contributed by atoms with Crippen LogP contribution < -0.4 is 10.1 Å². The summed E-state index contributed by atoms with van der Waals surface area (Å²) in [5.41, 5.74) is 3.54. The van der Waals surface area contributed by atoms with Crippen molar-refractivity contribution in [3.05, 3.63) is 28.8 Å². The van der Waals surface area contributed by atoms with E-state index in [1.54, 1.807) is 7.11 Å². The van der Waals surface area contributed by atoms with E-state index in [4.69, 9.17) is 4.74 Å². The van der Waals surface area contributed by atoms with Gasteiger partial charge in [0.25, 0.3) is 0 Å². The zero-order chi connectivity index (χ0) is 14.9. The predicted molar refractivity (Wildman–Crippen MR) is 81.1 cm³/mol. The molecule has 3 heteroatoms. The van der Waals surface area contributed by atoms with E-state index in [1.807, 2.05) is 0 Å². The molecule has 0 bridgehead atoms. The van der Waals surface area contributed by atoms with Gasteiger partial charge in [0.1, 0.15) is 5.75 Å². The van der Waals surface area contributed by atoms with E-state index in [1.165, 1.54) is 11.1 Å². The fraction of sp³-hybridized carbons (Fsp3) is 0.588. The number of carbonyl (C=O) groups is 1. The molecule has 1 aliphatic carbocycles. The second-order valence-corrected chi connectivity index (χ2v) is 6.11. The van der Waals surface area contributed by atoms with Crippen LogP contribution in [0.2, 0.25) is 0 Å². The molecule has 20 heavy (non-hydrogen) atoms. The standard InChI is InChI=1S/C17H25NO2/c1-10(2)14-9-15(11(3)8-16(14)20-5)12(4)18-17(19)13-6-7-13/h8-10,12-13H,6-7H2,1-5H3,(H,18,19). The highest BCUT2D eigenvalue weighted by Crippen LogP contribution is 2.33. The molecule has 1 aromatic carbocycles. The SMILES string of the molecule is COc1cc(C)c(C(C)NC(=O)C2CC2)cc1C(C)C. The summed E-state index contributed by atoms with van der Waals surface area (Å²) in [6.07, 6.45) is 2.08. The van der Waals surface area contributed by atoms with Crippen molar-refractivity contribution in [1.29, 1.82) is 0 Å². The fourth-order valence-corrected chi connectivity index (χ4v) is 2.56. The normalized spacial score (nSPS) is 16.1. The molecule has 1 atom stereocenters. The minimum absolute atomic E-state index is 0.0477. The zero-order valence-electron chi connectivity index (χ0n) is 13.1. The summed E-state index contributed by atoms with van der Waals surface area (Å²) in [4.78, 5) is 11.9. The summed E-state index contributed by atoms with van der Waals surface area (Å²) in [7, 11) is 1.71. The van der Waals surface area contributed by atoms with E-state index in [0.717, 1.165) is 24.2 Å². The average Bonchev–Trinajstić information content (AvgIpc) is 3.21. The van der Waals surface area contributed by atoms with Crippen molar-refractivity contribution >= 4 is 5.91 Å². The molecule has 0 spiro atoms. The topological polar surface area (TPSA) is 38.3 Å². The third kappa shape index (κ3) is 3.14. The Morgan fingerprint density at radius 3 is 2.40 bits per heavy atom. The molecule has 0 aromatic heterocycles. The van der Waals surface area contributed by atoms with Crippen LogP contribution >= 0.6 is 0 Å². The van der Waals surface area contributed by atoms with Crippen LogP contribution in [0.25, 0.3) is 0 Å². The van der Waals surface area contributed by atoms with Gasteiger partial charge in [0.2, 0.25) is 5.91 Å². The van der Waals surface area contributed by atoms with Crippen LogP contribution in [-0.4, -0.2) is 13.0 Å². The largest absolute Gasteiger partial charge is 0.496 e. The minimum Gasteiger partial charge on any atom is -0.496 e. The molecule has 3 nitrogen and oxygen atoms in total. The first-order valence-corrected chi connectivity index (χ1v) is 7.42. The van der Waals surface area contributed by atoms with Gasteiger partial charge in [0.05, 0.1) is 13.2 Å². The molecule has 1 aliphatic rings. The number of rotatable bonds is 5. The number of amides is 1. The molecule has 1 unspecified atom stereocenters. The lowest BCUT2D eigenvalue weighted by Crippen LogP contribution is -2.28. The van der Waals surface area contributed by atoms with Crippen LogP contribution in [0.1, 0.15) is 62.3 Å². The summed E-state index contributed by atoms with van der Waals surface area (Å²) in [6.45, 7) is 8.44. The first kappa shape index (κ1) is 14.9. The molecule has 0 radical (unpaired) electrons. The number of ether oxygens (including phenoxy) is 1. The Labute approximate surface area is 121 Å². The number of carbonyl (C=O) groups excluding carboxylic acids is 1. The predicted octanol–water partition coefficient (Wildman–Crippen LogP) is 3.71.